The predicted octanol–water partition coefficient (Wildman–Crippen LogP) is -0.667. The number of aryl methyl sites for hydroxylation is 1. The second kappa shape index (κ2) is 7.85. The molecule has 22 heavy (non-hydrogen) atoms. The Morgan fingerprint density at radius 3 is 2.82 bits per heavy atom. The number of amides is 1. The van der Waals surface area contributed by atoms with Gasteiger partial charge in [0.15, 0.2) is 5.69 Å². The summed E-state index contributed by atoms with van der Waals surface area (Å²) in [6.45, 7) is 1.80. The summed E-state index contributed by atoms with van der Waals surface area (Å²) < 4.78 is 6.80. The van der Waals surface area contributed by atoms with Crippen LogP contribution in [0.4, 0.5) is 0 Å². The summed E-state index contributed by atoms with van der Waals surface area (Å²) in [7, 11) is 0. The first-order valence-electron chi connectivity index (χ1n) is 7.32. The number of carbonyl (C=O) groups excluding carboxylic acids is 1. The van der Waals surface area contributed by atoms with Crippen molar-refractivity contribution in [3.05, 3.63) is 11.9 Å². The number of carboxylic acid groups (broad SMARTS) is 1. The van der Waals surface area contributed by atoms with Crippen LogP contribution in [0, 0.1) is 0 Å². The lowest BCUT2D eigenvalue weighted by molar-refractivity contribution is -0.138. The molecule has 1 aromatic rings. The van der Waals surface area contributed by atoms with Gasteiger partial charge in [0, 0.05) is 25.8 Å². The Hall–Kier alpha value is -2.00. The monoisotopic (exact) mass is 311 g/mol. The lowest BCUT2D eigenvalue weighted by Gasteiger charge is -2.32. The predicted molar refractivity (Wildman–Crippen MR) is 76.2 cm³/mol. The van der Waals surface area contributed by atoms with Gasteiger partial charge in [0.2, 0.25) is 0 Å². The average Bonchev–Trinajstić information content (AvgIpc) is 2.99. The smallest absolute Gasteiger partial charge is 0.323 e. The van der Waals surface area contributed by atoms with Crippen molar-refractivity contribution in [2.75, 3.05) is 26.3 Å². The van der Waals surface area contributed by atoms with E-state index in [-0.39, 0.29) is 18.3 Å². The Morgan fingerprint density at radius 1 is 1.45 bits per heavy atom. The topological polar surface area (TPSA) is 124 Å². The summed E-state index contributed by atoms with van der Waals surface area (Å²) in [6, 6.07) is -0.147. The first-order chi connectivity index (χ1) is 10.6. The molecule has 0 atom stereocenters. The van der Waals surface area contributed by atoms with Crippen LogP contribution < -0.4 is 5.73 Å². The molecule has 1 amide bonds. The van der Waals surface area contributed by atoms with E-state index in [2.05, 4.69) is 10.3 Å². The van der Waals surface area contributed by atoms with Gasteiger partial charge in [-0.2, -0.15) is 0 Å². The SMILES string of the molecule is NCCCn1cc(C(=O)N(CC(=O)O)C2CCOCC2)nn1. The van der Waals surface area contributed by atoms with Crippen molar-refractivity contribution in [2.24, 2.45) is 5.73 Å². The standard InChI is InChI=1S/C13H21N5O4/c14-4-1-5-17-8-11(15-16-17)13(21)18(9-12(19)20)10-2-6-22-7-3-10/h8,10H,1-7,9,14H2,(H,19,20). The van der Waals surface area contributed by atoms with Crippen LogP contribution in [0.3, 0.4) is 0 Å². The van der Waals surface area contributed by atoms with Crippen LogP contribution in [0.25, 0.3) is 0 Å². The van der Waals surface area contributed by atoms with Gasteiger partial charge in [-0.1, -0.05) is 5.21 Å². The highest BCUT2D eigenvalue weighted by atomic mass is 16.5. The van der Waals surface area contributed by atoms with E-state index in [1.807, 2.05) is 0 Å². The first kappa shape index (κ1) is 16.4. The van der Waals surface area contributed by atoms with Gasteiger partial charge in [0.25, 0.3) is 5.91 Å². The van der Waals surface area contributed by atoms with E-state index in [1.165, 1.54) is 11.1 Å². The molecule has 1 aromatic heterocycles. The van der Waals surface area contributed by atoms with Crippen LogP contribution in [-0.2, 0) is 16.1 Å². The fourth-order valence-electron chi connectivity index (χ4n) is 2.42. The van der Waals surface area contributed by atoms with Gasteiger partial charge in [0.05, 0.1) is 6.20 Å². The van der Waals surface area contributed by atoms with E-state index in [0.29, 0.717) is 39.1 Å². The molecule has 2 rings (SSSR count). The van der Waals surface area contributed by atoms with Crippen molar-refractivity contribution < 1.29 is 19.4 Å². The molecule has 1 fully saturated rings. The molecule has 0 saturated carbocycles. The third-order valence-corrected chi connectivity index (χ3v) is 3.55. The van der Waals surface area contributed by atoms with E-state index >= 15 is 0 Å². The summed E-state index contributed by atoms with van der Waals surface area (Å²) in [4.78, 5) is 25.0. The zero-order valence-corrected chi connectivity index (χ0v) is 12.3. The second-order valence-corrected chi connectivity index (χ2v) is 5.18. The van der Waals surface area contributed by atoms with E-state index in [1.54, 1.807) is 4.68 Å². The highest BCUT2D eigenvalue weighted by Gasteiger charge is 2.29. The van der Waals surface area contributed by atoms with Gasteiger partial charge in [0.1, 0.15) is 6.54 Å². The number of hydrogen-bond acceptors (Lipinski definition) is 6. The summed E-state index contributed by atoms with van der Waals surface area (Å²) in [5, 5.41) is 16.8. The highest BCUT2D eigenvalue weighted by Crippen LogP contribution is 2.16. The van der Waals surface area contributed by atoms with Crippen molar-refractivity contribution in [3.63, 3.8) is 0 Å². The molecule has 9 heteroatoms. The molecule has 1 saturated heterocycles. The van der Waals surface area contributed by atoms with Crippen LogP contribution in [0.1, 0.15) is 29.8 Å². The normalized spacial score (nSPS) is 15.7. The molecule has 0 radical (unpaired) electrons. The number of hydrogen-bond donors (Lipinski definition) is 2. The molecule has 0 bridgehead atoms. The quantitative estimate of drug-likeness (QED) is 0.684. The van der Waals surface area contributed by atoms with Gasteiger partial charge < -0.3 is 20.5 Å². The van der Waals surface area contributed by atoms with Crippen molar-refractivity contribution >= 4 is 11.9 Å². The molecule has 0 aromatic carbocycles. The Morgan fingerprint density at radius 2 is 2.18 bits per heavy atom. The van der Waals surface area contributed by atoms with Crippen LogP contribution in [-0.4, -0.2) is 69.2 Å². The average molecular weight is 311 g/mol. The van der Waals surface area contributed by atoms with Crippen molar-refractivity contribution in [2.45, 2.75) is 31.8 Å². The van der Waals surface area contributed by atoms with E-state index in [9.17, 15) is 9.59 Å². The molecule has 122 valence electrons. The minimum atomic E-state index is -1.05. The van der Waals surface area contributed by atoms with Gasteiger partial charge >= 0.3 is 5.97 Å². The molecule has 3 N–H and O–H groups in total. The fourth-order valence-corrected chi connectivity index (χ4v) is 2.42. The van der Waals surface area contributed by atoms with Crippen molar-refractivity contribution in [1.82, 2.24) is 19.9 Å². The highest BCUT2D eigenvalue weighted by molar-refractivity contribution is 5.94. The fraction of sp³-hybridized carbons (Fsp3) is 0.692. The van der Waals surface area contributed by atoms with Crippen LogP contribution >= 0.6 is 0 Å². The van der Waals surface area contributed by atoms with Crippen LogP contribution in [0.5, 0.6) is 0 Å². The molecule has 9 nitrogen and oxygen atoms in total. The Balaban J connectivity index is 2.09. The Bertz CT molecular complexity index is 512. The number of aliphatic carboxylic acids is 1. The lowest BCUT2D eigenvalue weighted by Crippen LogP contribution is -2.46. The molecule has 1 aliphatic heterocycles. The van der Waals surface area contributed by atoms with Gasteiger partial charge in [-0.15, -0.1) is 5.10 Å². The lowest BCUT2D eigenvalue weighted by atomic mass is 10.1. The van der Waals surface area contributed by atoms with Crippen molar-refractivity contribution in [1.29, 1.82) is 0 Å². The maximum Gasteiger partial charge on any atom is 0.323 e. The first-order valence-corrected chi connectivity index (χ1v) is 7.32. The van der Waals surface area contributed by atoms with E-state index < -0.39 is 11.9 Å². The van der Waals surface area contributed by atoms with E-state index in [4.69, 9.17) is 15.6 Å². The number of rotatable bonds is 7. The molecular formula is C13H21N5O4. The van der Waals surface area contributed by atoms with Gasteiger partial charge in [-0.3, -0.25) is 14.3 Å². The number of nitrogens with two attached hydrogens (primary N) is 1. The van der Waals surface area contributed by atoms with Crippen molar-refractivity contribution in [3.8, 4) is 0 Å². The summed E-state index contributed by atoms with van der Waals surface area (Å²) in [5.41, 5.74) is 5.59. The number of nitrogens with zero attached hydrogens (tertiary/aromatic N) is 4. The molecule has 0 spiro atoms. The molecule has 0 unspecified atom stereocenters. The zero-order chi connectivity index (χ0) is 15.9. The Labute approximate surface area is 128 Å². The Kier molecular flexibility index (Phi) is 5.84. The summed E-state index contributed by atoms with van der Waals surface area (Å²) in [5.74, 6) is -1.45. The van der Waals surface area contributed by atoms with Gasteiger partial charge in [-0.05, 0) is 25.8 Å². The summed E-state index contributed by atoms with van der Waals surface area (Å²) in [6.07, 6.45) is 3.52. The minimum Gasteiger partial charge on any atom is -0.480 e. The number of carbonyl (C=O) groups is 2. The molecule has 1 aliphatic rings. The largest absolute Gasteiger partial charge is 0.480 e. The van der Waals surface area contributed by atoms with Crippen LogP contribution in [0.15, 0.2) is 6.20 Å². The number of aromatic nitrogens is 3. The zero-order valence-electron chi connectivity index (χ0n) is 12.3. The maximum atomic E-state index is 12.5. The second-order valence-electron chi connectivity index (χ2n) is 5.18. The molecule has 0 aliphatic carbocycles. The van der Waals surface area contributed by atoms with E-state index in [0.717, 1.165) is 6.42 Å². The molecule has 2 heterocycles. The van der Waals surface area contributed by atoms with Crippen LogP contribution in [0.2, 0.25) is 0 Å². The number of carboxylic acids is 1. The van der Waals surface area contributed by atoms with Gasteiger partial charge in [-0.25, -0.2) is 0 Å². The number of ether oxygens (including phenoxy) is 1. The third-order valence-electron chi connectivity index (χ3n) is 3.55. The minimum absolute atomic E-state index is 0.147. The maximum absolute atomic E-state index is 12.5. The third kappa shape index (κ3) is 4.25. The summed E-state index contributed by atoms with van der Waals surface area (Å²) >= 11 is 0. The molecular weight excluding hydrogens is 290 g/mol.